The molecule has 2 heterocycles. The number of carbonyl (C=O) groups is 1. The van der Waals surface area contributed by atoms with Crippen molar-refractivity contribution in [2.45, 2.75) is 5.22 Å². The molecule has 0 bridgehead atoms. The molecule has 0 atom stereocenters. The highest BCUT2D eigenvalue weighted by molar-refractivity contribution is 7.99. The predicted molar refractivity (Wildman–Crippen MR) is 93.9 cm³/mol. The first kappa shape index (κ1) is 16.5. The number of aromatic nitrogens is 2. The Labute approximate surface area is 153 Å². The average molecular weight is 370 g/mol. The summed E-state index contributed by atoms with van der Waals surface area (Å²) in [5, 5.41) is 8.33. The van der Waals surface area contributed by atoms with E-state index in [1.54, 1.807) is 25.3 Å². The molecule has 132 valence electrons. The van der Waals surface area contributed by atoms with Crippen molar-refractivity contribution < 1.29 is 23.4 Å². The van der Waals surface area contributed by atoms with Crippen LogP contribution >= 0.6 is 11.8 Å². The number of thioether (sulfide) groups is 1. The van der Waals surface area contributed by atoms with E-state index in [1.807, 2.05) is 24.3 Å². The Morgan fingerprint density at radius 1 is 1.15 bits per heavy atom. The Morgan fingerprint density at radius 3 is 2.88 bits per heavy atom. The third-order valence-electron chi connectivity index (χ3n) is 3.77. The van der Waals surface area contributed by atoms with Crippen LogP contribution in [0.25, 0.3) is 11.5 Å². The maximum absolute atomic E-state index is 12.4. The molecule has 0 fully saturated rings. The third kappa shape index (κ3) is 3.23. The van der Waals surface area contributed by atoms with Gasteiger partial charge in [0.25, 0.3) is 11.1 Å². The first-order chi connectivity index (χ1) is 12.7. The molecule has 0 amide bonds. The summed E-state index contributed by atoms with van der Waals surface area (Å²) in [6, 6.07) is 12.5. The van der Waals surface area contributed by atoms with Gasteiger partial charge in [-0.05, 0) is 30.3 Å². The first-order valence-corrected chi connectivity index (χ1v) is 8.75. The van der Waals surface area contributed by atoms with Crippen LogP contribution in [0.5, 0.6) is 17.2 Å². The lowest BCUT2D eigenvalue weighted by Crippen LogP contribution is -2.02. The van der Waals surface area contributed by atoms with Gasteiger partial charge in [0, 0.05) is 5.56 Å². The lowest BCUT2D eigenvalue weighted by Gasteiger charge is -2.03. The molecule has 0 spiro atoms. The topological polar surface area (TPSA) is 83.7 Å². The Hall–Kier alpha value is -3.00. The van der Waals surface area contributed by atoms with E-state index in [9.17, 15) is 4.79 Å². The van der Waals surface area contributed by atoms with Gasteiger partial charge in [0.05, 0.1) is 18.4 Å². The van der Waals surface area contributed by atoms with E-state index in [-0.39, 0.29) is 18.3 Å². The summed E-state index contributed by atoms with van der Waals surface area (Å²) in [6.45, 7) is 0.176. The third-order valence-corrected chi connectivity index (χ3v) is 4.58. The van der Waals surface area contributed by atoms with Crippen LogP contribution in [0.15, 0.2) is 52.1 Å². The van der Waals surface area contributed by atoms with Gasteiger partial charge in [-0.15, -0.1) is 10.2 Å². The molecule has 0 unspecified atom stereocenters. The van der Waals surface area contributed by atoms with Crippen LogP contribution in [0, 0.1) is 0 Å². The molecule has 8 heteroatoms. The summed E-state index contributed by atoms with van der Waals surface area (Å²) in [5.74, 6) is 2.33. The number of benzene rings is 2. The highest BCUT2D eigenvalue weighted by atomic mass is 32.2. The monoisotopic (exact) mass is 370 g/mol. The molecule has 0 saturated carbocycles. The molecular weight excluding hydrogens is 356 g/mol. The Morgan fingerprint density at radius 2 is 2.00 bits per heavy atom. The molecule has 0 N–H and O–H groups in total. The average Bonchev–Trinajstić information content (AvgIpc) is 3.34. The number of nitrogens with zero attached hydrogens (tertiary/aromatic N) is 2. The Kier molecular flexibility index (Phi) is 4.49. The van der Waals surface area contributed by atoms with Crippen molar-refractivity contribution in [3.05, 3.63) is 48.0 Å². The summed E-state index contributed by atoms with van der Waals surface area (Å²) < 4.78 is 21.5. The number of fused-ring (bicyclic) bond motifs is 1. The van der Waals surface area contributed by atoms with Gasteiger partial charge in [-0.25, -0.2) is 0 Å². The van der Waals surface area contributed by atoms with Gasteiger partial charge < -0.3 is 18.6 Å². The number of ether oxygens (including phenoxy) is 3. The van der Waals surface area contributed by atoms with Gasteiger partial charge in [0.1, 0.15) is 5.75 Å². The predicted octanol–water partition coefficient (Wildman–Crippen LogP) is 3.45. The van der Waals surface area contributed by atoms with Crippen molar-refractivity contribution in [2.75, 3.05) is 19.7 Å². The van der Waals surface area contributed by atoms with Crippen LogP contribution in [-0.2, 0) is 0 Å². The second-order valence-corrected chi connectivity index (χ2v) is 6.28. The number of Topliss-reactive ketones (excluding diaryl/α,β-unsaturated/α-hetero) is 1. The zero-order valence-electron chi connectivity index (χ0n) is 13.8. The lowest BCUT2D eigenvalue weighted by molar-refractivity contribution is 0.102. The summed E-state index contributed by atoms with van der Waals surface area (Å²) in [7, 11) is 1.58. The van der Waals surface area contributed by atoms with E-state index >= 15 is 0 Å². The molecular formula is C18H14N2O5S. The number of rotatable bonds is 6. The minimum Gasteiger partial charge on any atom is -0.496 e. The fourth-order valence-electron chi connectivity index (χ4n) is 2.48. The molecule has 3 aromatic rings. The van der Waals surface area contributed by atoms with E-state index in [0.29, 0.717) is 39.5 Å². The number of carbonyl (C=O) groups excluding carboxylic acids is 1. The lowest BCUT2D eigenvalue weighted by atomic mass is 10.1. The van der Waals surface area contributed by atoms with Gasteiger partial charge >= 0.3 is 0 Å². The van der Waals surface area contributed by atoms with E-state index in [0.717, 1.165) is 0 Å². The highest BCUT2D eigenvalue weighted by Crippen LogP contribution is 2.33. The van der Waals surface area contributed by atoms with Crippen LogP contribution < -0.4 is 14.2 Å². The smallest absolute Gasteiger partial charge is 0.277 e. The van der Waals surface area contributed by atoms with Crippen LogP contribution in [0.1, 0.15) is 10.4 Å². The first-order valence-electron chi connectivity index (χ1n) is 7.77. The van der Waals surface area contributed by atoms with E-state index in [2.05, 4.69) is 10.2 Å². The maximum atomic E-state index is 12.4. The van der Waals surface area contributed by atoms with Crippen LogP contribution in [-0.4, -0.2) is 35.6 Å². The summed E-state index contributed by atoms with van der Waals surface area (Å²) in [6.07, 6.45) is 0. The number of hydrogen-bond donors (Lipinski definition) is 0. The molecule has 4 rings (SSSR count). The fraction of sp³-hybridized carbons (Fsp3) is 0.167. The summed E-state index contributed by atoms with van der Waals surface area (Å²) in [4.78, 5) is 12.4. The number of ketones is 1. The molecule has 2 aromatic carbocycles. The number of para-hydroxylation sites is 1. The Balaban J connectivity index is 1.44. The highest BCUT2D eigenvalue weighted by Gasteiger charge is 2.18. The van der Waals surface area contributed by atoms with Crippen molar-refractivity contribution in [2.24, 2.45) is 0 Å². The number of hydrogen-bond acceptors (Lipinski definition) is 8. The zero-order valence-corrected chi connectivity index (χ0v) is 14.6. The second kappa shape index (κ2) is 7.09. The van der Waals surface area contributed by atoms with Gasteiger partial charge in [-0.3, -0.25) is 4.79 Å². The fourth-order valence-corrected chi connectivity index (χ4v) is 3.14. The van der Waals surface area contributed by atoms with Crippen molar-refractivity contribution in [3.8, 4) is 28.7 Å². The van der Waals surface area contributed by atoms with Crippen molar-refractivity contribution in [1.29, 1.82) is 0 Å². The van der Waals surface area contributed by atoms with Gasteiger partial charge in [0.2, 0.25) is 6.79 Å². The molecule has 1 aromatic heterocycles. The Bertz CT molecular complexity index is 956. The van der Waals surface area contributed by atoms with E-state index in [1.165, 1.54) is 11.8 Å². The van der Waals surface area contributed by atoms with Crippen LogP contribution in [0.2, 0.25) is 0 Å². The molecule has 1 aliphatic heterocycles. The SMILES string of the molecule is COc1ccccc1-c1nnc(SCC(=O)c2ccc3c(c2)OCO3)o1. The molecule has 26 heavy (non-hydrogen) atoms. The van der Waals surface area contributed by atoms with Crippen molar-refractivity contribution in [1.82, 2.24) is 10.2 Å². The normalized spacial score (nSPS) is 12.2. The van der Waals surface area contributed by atoms with Gasteiger partial charge in [0.15, 0.2) is 17.3 Å². The molecule has 0 aliphatic carbocycles. The molecule has 1 aliphatic rings. The maximum Gasteiger partial charge on any atom is 0.277 e. The van der Waals surface area contributed by atoms with Crippen molar-refractivity contribution in [3.63, 3.8) is 0 Å². The summed E-state index contributed by atoms with van der Waals surface area (Å²) in [5.41, 5.74) is 1.25. The van der Waals surface area contributed by atoms with E-state index in [4.69, 9.17) is 18.6 Å². The quantitative estimate of drug-likeness (QED) is 0.482. The standard InChI is InChI=1S/C18H14N2O5S/c1-22-14-5-3-2-4-12(14)17-19-20-18(25-17)26-9-13(21)11-6-7-15-16(8-11)24-10-23-15/h2-8H,9-10H2,1H3. The van der Waals surface area contributed by atoms with Gasteiger partial charge in [-0.1, -0.05) is 23.9 Å². The van der Waals surface area contributed by atoms with Gasteiger partial charge in [-0.2, -0.15) is 0 Å². The minimum atomic E-state index is -0.0645. The number of methoxy groups -OCH3 is 1. The largest absolute Gasteiger partial charge is 0.496 e. The zero-order chi connectivity index (χ0) is 17.9. The van der Waals surface area contributed by atoms with Crippen LogP contribution in [0.4, 0.5) is 0 Å². The van der Waals surface area contributed by atoms with Crippen molar-refractivity contribution >= 4 is 17.5 Å². The summed E-state index contributed by atoms with van der Waals surface area (Å²) >= 11 is 1.18. The molecule has 7 nitrogen and oxygen atoms in total. The second-order valence-electron chi connectivity index (χ2n) is 5.35. The molecule has 0 radical (unpaired) electrons. The van der Waals surface area contributed by atoms with E-state index < -0.39 is 0 Å². The van der Waals surface area contributed by atoms with Crippen LogP contribution in [0.3, 0.4) is 0 Å². The minimum absolute atomic E-state index is 0.0645. The molecule has 0 saturated heterocycles.